The standard InChI is InChI=1S/C14H20BrNO2/c1-4-10(3)9-16(5-2)12-8-6-7-11(15)13(12)14(17)18/h6-8,10H,4-5,9H2,1-3H3,(H,17,18). The molecule has 0 heterocycles. The Labute approximate surface area is 117 Å². The third kappa shape index (κ3) is 3.48. The molecule has 1 unspecified atom stereocenters. The molecular weight excluding hydrogens is 294 g/mol. The molecule has 0 amide bonds. The van der Waals surface area contributed by atoms with Crippen molar-refractivity contribution in [3.8, 4) is 0 Å². The first-order valence-corrected chi connectivity index (χ1v) is 7.07. The van der Waals surface area contributed by atoms with Crippen LogP contribution in [0.25, 0.3) is 0 Å². The van der Waals surface area contributed by atoms with Gasteiger partial charge in [0.05, 0.1) is 11.3 Å². The summed E-state index contributed by atoms with van der Waals surface area (Å²) in [4.78, 5) is 13.5. The van der Waals surface area contributed by atoms with Crippen molar-refractivity contribution >= 4 is 27.6 Å². The lowest BCUT2D eigenvalue weighted by atomic mass is 10.1. The van der Waals surface area contributed by atoms with Crippen molar-refractivity contribution in [2.45, 2.75) is 27.2 Å². The van der Waals surface area contributed by atoms with Crippen molar-refractivity contribution in [2.75, 3.05) is 18.0 Å². The molecule has 0 bridgehead atoms. The summed E-state index contributed by atoms with van der Waals surface area (Å²) in [5.41, 5.74) is 1.14. The maximum Gasteiger partial charge on any atom is 0.338 e. The van der Waals surface area contributed by atoms with Crippen molar-refractivity contribution in [2.24, 2.45) is 5.92 Å². The fourth-order valence-corrected chi connectivity index (χ4v) is 2.42. The van der Waals surface area contributed by atoms with Gasteiger partial charge in [-0.1, -0.05) is 26.3 Å². The highest BCUT2D eigenvalue weighted by Crippen LogP contribution is 2.28. The first-order chi connectivity index (χ1) is 8.51. The van der Waals surface area contributed by atoms with E-state index in [1.807, 2.05) is 12.1 Å². The minimum Gasteiger partial charge on any atom is -0.478 e. The highest BCUT2D eigenvalue weighted by atomic mass is 79.9. The summed E-state index contributed by atoms with van der Waals surface area (Å²) in [7, 11) is 0. The van der Waals surface area contributed by atoms with Crippen LogP contribution in [0.3, 0.4) is 0 Å². The maximum atomic E-state index is 11.4. The number of carboxylic acid groups (broad SMARTS) is 1. The SMILES string of the molecule is CCC(C)CN(CC)c1cccc(Br)c1C(=O)O. The number of benzene rings is 1. The van der Waals surface area contributed by atoms with Crippen LogP contribution in [0.4, 0.5) is 5.69 Å². The topological polar surface area (TPSA) is 40.5 Å². The van der Waals surface area contributed by atoms with E-state index in [0.717, 1.165) is 25.2 Å². The van der Waals surface area contributed by atoms with Crippen molar-refractivity contribution in [1.29, 1.82) is 0 Å². The molecule has 18 heavy (non-hydrogen) atoms. The molecule has 0 aromatic heterocycles. The first-order valence-electron chi connectivity index (χ1n) is 6.27. The number of anilines is 1. The molecule has 1 aromatic carbocycles. The molecule has 1 rings (SSSR count). The number of aromatic carboxylic acids is 1. The Kier molecular flexibility index (Phi) is 5.66. The zero-order chi connectivity index (χ0) is 13.7. The van der Waals surface area contributed by atoms with Crippen molar-refractivity contribution < 1.29 is 9.90 Å². The molecular formula is C14H20BrNO2. The van der Waals surface area contributed by atoms with Gasteiger partial charge in [-0.2, -0.15) is 0 Å². The lowest BCUT2D eigenvalue weighted by molar-refractivity contribution is 0.0696. The van der Waals surface area contributed by atoms with Gasteiger partial charge >= 0.3 is 5.97 Å². The van der Waals surface area contributed by atoms with E-state index in [1.54, 1.807) is 6.07 Å². The Bertz CT molecular complexity index is 420. The van der Waals surface area contributed by atoms with Gasteiger partial charge in [-0.15, -0.1) is 0 Å². The fourth-order valence-electron chi connectivity index (χ4n) is 1.89. The second-order valence-electron chi connectivity index (χ2n) is 4.49. The van der Waals surface area contributed by atoms with E-state index in [-0.39, 0.29) is 0 Å². The second kappa shape index (κ2) is 6.78. The summed E-state index contributed by atoms with van der Waals surface area (Å²) in [6, 6.07) is 5.52. The highest BCUT2D eigenvalue weighted by Gasteiger charge is 2.18. The number of hydrogen-bond donors (Lipinski definition) is 1. The molecule has 3 nitrogen and oxygen atoms in total. The summed E-state index contributed by atoms with van der Waals surface area (Å²) in [6.07, 6.45) is 1.09. The van der Waals surface area contributed by atoms with Crippen LogP contribution in [0.1, 0.15) is 37.6 Å². The van der Waals surface area contributed by atoms with E-state index < -0.39 is 5.97 Å². The molecule has 0 aliphatic heterocycles. The van der Waals surface area contributed by atoms with Crippen LogP contribution < -0.4 is 4.90 Å². The highest BCUT2D eigenvalue weighted by molar-refractivity contribution is 9.10. The lowest BCUT2D eigenvalue weighted by Gasteiger charge is -2.27. The largest absolute Gasteiger partial charge is 0.478 e. The molecule has 0 saturated carbocycles. The molecule has 0 spiro atoms. The Balaban J connectivity index is 3.13. The number of carboxylic acids is 1. The summed E-state index contributed by atoms with van der Waals surface area (Å²) in [6.45, 7) is 8.07. The molecule has 0 aliphatic carbocycles. The molecule has 1 aromatic rings. The normalized spacial score (nSPS) is 12.2. The van der Waals surface area contributed by atoms with Gasteiger partial charge < -0.3 is 10.0 Å². The molecule has 100 valence electrons. The van der Waals surface area contributed by atoms with Crippen LogP contribution >= 0.6 is 15.9 Å². The van der Waals surface area contributed by atoms with Crippen LogP contribution in [0.2, 0.25) is 0 Å². The Morgan fingerprint density at radius 2 is 2.11 bits per heavy atom. The predicted molar refractivity (Wildman–Crippen MR) is 78.4 cm³/mol. The van der Waals surface area contributed by atoms with Crippen molar-refractivity contribution in [1.82, 2.24) is 0 Å². The van der Waals surface area contributed by atoms with Gasteiger partial charge in [-0.25, -0.2) is 4.79 Å². The van der Waals surface area contributed by atoms with E-state index in [1.165, 1.54) is 0 Å². The zero-order valence-corrected chi connectivity index (χ0v) is 12.7. The fraction of sp³-hybridized carbons (Fsp3) is 0.500. The van der Waals surface area contributed by atoms with Crippen molar-refractivity contribution in [3.05, 3.63) is 28.2 Å². The molecule has 0 saturated heterocycles. The minimum absolute atomic E-state index is 0.350. The number of rotatable bonds is 6. The zero-order valence-electron chi connectivity index (χ0n) is 11.1. The van der Waals surface area contributed by atoms with E-state index in [9.17, 15) is 9.90 Å². The molecule has 4 heteroatoms. The third-order valence-corrected chi connectivity index (χ3v) is 3.82. The van der Waals surface area contributed by atoms with E-state index in [4.69, 9.17) is 0 Å². The van der Waals surface area contributed by atoms with Gasteiger partial charge in [0.1, 0.15) is 0 Å². The van der Waals surface area contributed by atoms with Crippen LogP contribution in [0.5, 0.6) is 0 Å². The van der Waals surface area contributed by atoms with Gasteiger partial charge in [-0.05, 0) is 40.9 Å². The van der Waals surface area contributed by atoms with Crippen LogP contribution in [0, 0.1) is 5.92 Å². The van der Waals surface area contributed by atoms with Gasteiger partial charge in [0.15, 0.2) is 0 Å². The Hall–Kier alpha value is -1.03. The lowest BCUT2D eigenvalue weighted by Crippen LogP contribution is -2.29. The van der Waals surface area contributed by atoms with E-state index >= 15 is 0 Å². The maximum absolute atomic E-state index is 11.4. The molecule has 0 radical (unpaired) electrons. The predicted octanol–water partition coefficient (Wildman–Crippen LogP) is 4.02. The number of hydrogen-bond acceptors (Lipinski definition) is 2. The average molecular weight is 314 g/mol. The average Bonchev–Trinajstić information content (AvgIpc) is 2.34. The quantitative estimate of drug-likeness (QED) is 0.862. The molecule has 1 atom stereocenters. The van der Waals surface area contributed by atoms with Gasteiger partial charge in [0.25, 0.3) is 0 Å². The summed E-state index contributed by atoms with van der Waals surface area (Å²) in [5, 5.41) is 9.33. The van der Waals surface area contributed by atoms with Gasteiger partial charge in [0, 0.05) is 17.6 Å². The summed E-state index contributed by atoms with van der Waals surface area (Å²) in [5.74, 6) is -0.342. The third-order valence-electron chi connectivity index (χ3n) is 3.16. The number of halogens is 1. The number of carbonyl (C=O) groups is 1. The minimum atomic E-state index is -0.889. The summed E-state index contributed by atoms with van der Waals surface area (Å²) >= 11 is 3.32. The smallest absolute Gasteiger partial charge is 0.338 e. The van der Waals surface area contributed by atoms with Crippen LogP contribution in [-0.4, -0.2) is 24.2 Å². The second-order valence-corrected chi connectivity index (χ2v) is 5.35. The molecule has 0 fully saturated rings. The molecule has 0 aliphatic rings. The van der Waals surface area contributed by atoms with Crippen molar-refractivity contribution in [3.63, 3.8) is 0 Å². The van der Waals surface area contributed by atoms with E-state index in [0.29, 0.717) is 16.0 Å². The van der Waals surface area contributed by atoms with E-state index in [2.05, 4.69) is 41.6 Å². The van der Waals surface area contributed by atoms with Crippen LogP contribution in [0.15, 0.2) is 22.7 Å². The van der Waals surface area contributed by atoms with Crippen LogP contribution in [-0.2, 0) is 0 Å². The molecule has 1 N–H and O–H groups in total. The Morgan fingerprint density at radius 3 is 2.61 bits per heavy atom. The first kappa shape index (κ1) is 15.0. The summed E-state index contributed by atoms with van der Waals surface area (Å²) < 4.78 is 0.634. The Morgan fingerprint density at radius 1 is 1.44 bits per heavy atom. The number of nitrogens with zero attached hydrogens (tertiary/aromatic N) is 1. The monoisotopic (exact) mass is 313 g/mol. The van der Waals surface area contributed by atoms with Gasteiger partial charge in [-0.3, -0.25) is 0 Å². The van der Waals surface area contributed by atoms with Gasteiger partial charge in [0.2, 0.25) is 0 Å².